The van der Waals surface area contributed by atoms with E-state index >= 15 is 0 Å². The highest BCUT2D eigenvalue weighted by molar-refractivity contribution is 5.90. The molecule has 48 heavy (non-hydrogen) atoms. The topological polar surface area (TPSA) is 32.5 Å². The van der Waals surface area contributed by atoms with Crippen LogP contribution in [0.3, 0.4) is 0 Å². The quantitative estimate of drug-likeness (QED) is 0.174. The SMILES string of the molecule is NCCC1(c2ccccc2)c2cc(N(c3ccccc3)c3ccccc3)ccc2-c2ccc(N(c3ccccc3)c3ccccc3)cc21. The molecule has 3 nitrogen and oxygen atoms in total. The van der Waals surface area contributed by atoms with E-state index in [2.05, 4.69) is 198 Å². The van der Waals surface area contributed by atoms with Crippen molar-refractivity contribution >= 4 is 34.1 Å². The fraction of sp³-hybridized carbons (Fsp3) is 0.0667. The summed E-state index contributed by atoms with van der Waals surface area (Å²) < 4.78 is 0. The maximum absolute atomic E-state index is 6.58. The summed E-state index contributed by atoms with van der Waals surface area (Å²) in [5, 5.41) is 0. The van der Waals surface area contributed by atoms with Gasteiger partial charge in [-0.2, -0.15) is 0 Å². The molecule has 0 saturated heterocycles. The Labute approximate surface area is 283 Å². The lowest BCUT2D eigenvalue weighted by molar-refractivity contribution is 0.582. The molecule has 0 atom stereocenters. The highest BCUT2D eigenvalue weighted by Crippen LogP contribution is 2.57. The van der Waals surface area contributed by atoms with Crippen molar-refractivity contribution < 1.29 is 0 Å². The number of hydrogen-bond acceptors (Lipinski definition) is 3. The van der Waals surface area contributed by atoms with E-state index in [1.54, 1.807) is 0 Å². The Morgan fingerprint density at radius 3 is 1.04 bits per heavy atom. The van der Waals surface area contributed by atoms with E-state index in [0.717, 1.165) is 40.5 Å². The van der Waals surface area contributed by atoms with Crippen molar-refractivity contribution in [3.05, 3.63) is 205 Å². The van der Waals surface area contributed by atoms with Gasteiger partial charge in [-0.05, 0) is 114 Å². The molecule has 1 aliphatic carbocycles. The maximum Gasteiger partial charge on any atom is 0.0477 e. The van der Waals surface area contributed by atoms with E-state index in [1.807, 2.05) is 0 Å². The lowest BCUT2D eigenvalue weighted by Crippen LogP contribution is -2.30. The highest BCUT2D eigenvalue weighted by Gasteiger charge is 2.45. The van der Waals surface area contributed by atoms with E-state index in [9.17, 15) is 0 Å². The second-order valence-electron chi connectivity index (χ2n) is 12.3. The van der Waals surface area contributed by atoms with Crippen molar-refractivity contribution in [2.24, 2.45) is 5.73 Å². The van der Waals surface area contributed by atoms with Crippen molar-refractivity contribution in [2.75, 3.05) is 16.3 Å². The standard InChI is InChI=1S/C45H37N3/c46-31-30-45(34-16-6-1-7-17-34)43-32-39(47(35-18-8-2-9-19-35)36-20-10-3-11-21-36)26-28-41(43)42-29-27-40(33-44(42)45)48(37-22-12-4-13-23-37)38-24-14-5-15-25-38/h1-29,32-33H,30-31,46H2. The molecule has 0 fully saturated rings. The summed E-state index contributed by atoms with van der Waals surface area (Å²) in [6.45, 7) is 0.546. The van der Waals surface area contributed by atoms with Gasteiger partial charge in [0, 0.05) is 39.5 Å². The Balaban J connectivity index is 1.37. The van der Waals surface area contributed by atoms with Crippen LogP contribution in [0.1, 0.15) is 23.1 Å². The highest BCUT2D eigenvalue weighted by atomic mass is 15.1. The van der Waals surface area contributed by atoms with Crippen LogP contribution in [0.2, 0.25) is 0 Å². The van der Waals surface area contributed by atoms with Crippen LogP contribution in [-0.2, 0) is 5.41 Å². The Morgan fingerprint density at radius 1 is 0.375 bits per heavy atom. The monoisotopic (exact) mass is 619 g/mol. The van der Waals surface area contributed by atoms with Gasteiger partial charge in [0.2, 0.25) is 0 Å². The average molecular weight is 620 g/mol. The summed E-state index contributed by atoms with van der Waals surface area (Å²) >= 11 is 0. The van der Waals surface area contributed by atoms with Gasteiger partial charge in [0.25, 0.3) is 0 Å². The van der Waals surface area contributed by atoms with E-state index in [1.165, 1.54) is 27.8 Å². The molecule has 0 spiro atoms. The molecular formula is C45H37N3. The first-order valence-electron chi connectivity index (χ1n) is 16.6. The predicted molar refractivity (Wildman–Crippen MR) is 201 cm³/mol. The lowest BCUT2D eigenvalue weighted by Gasteiger charge is -2.35. The van der Waals surface area contributed by atoms with Crippen LogP contribution in [0.5, 0.6) is 0 Å². The number of benzene rings is 7. The summed E-state index contributed by atoms with van der Waals surface area (Å²) in [7, 11) is 0. The van der Waals surface area contributed by atoms with Gasteiger partial charge >= 0.3 is 0 Å². The zero-order valence-electron chi connectivity index (χ0n) is 26.8. The molecule has 7 aromatic rings. The molecule has 2 N–H and O–H groups in total. The Hall–Kier alpha value is -5.90. The first-order valence-corrected chi connectivity index (χ1v) is 16.6. The van der Waals surface area contributed by atoms with Crippen LogP contribution >= 0.6 is 0 Å². The lowest BCUT2D eigenvalue weighted by atomic mass is 9.70. The molecule has 0 amide bonds. The van der Waals surface area contributed by atoms with Gasteiger partial charge in [-0.1, -0.05) is 115 Å². The first-order chi connectivity index (χ1) is 23.8. The second-order valence-corrected chi connectivity index (χ2v) is 12.3. The zero-order valence-corrected chi connectivity index (χ0v) is 26.8. The summed E-state index contributed by atoms with van der Waals surface area (Å²) in [5.74, 6) is 0. The first kappa shape index (κ1) is 29.5. The largest absolute Gasteiger partial charge is 0.330 e. The molecule has 7 aromatic carbocycles. The van der Waals surface area contributed by atoms with Gasteiger partial charge in [-0.3, -0.25) is 0 Å². The van der Waals surface area contributed by atoms with Crippen LogP contribution < -0.4 is 15.5 Å². The van der Waals surface area contributed by atoms with Gasteiger partial charge in [0.1, 0.15) is 0 Å². The number of rotatable bonds is 9. The molecule has 0 saturated carbocycles. The van der Waals surface area contributed by atoms with Gasteiger partial charge in [-0.25, -0.2) is 0 Å². The van der Waals surface area contributed by atoms with Gasteiger partial charge in [0.05, 0.1) is 0 Å². The number of anilines is 6. The van der Waals surface area contributed by atoms with E-state index in [0.29, 0.717) is 6.54 Å². The summed E-state index contributed by atoms with van der Waals surface area (Å²) in [5.41, 5.74) is 19.2. The Bertz CT molecular complexity index is 1920. The second kappa shape index (κ2) is 12.7. The normalized spacial score (nSPS) is 12.6. The van der Waals surface area contributed by atoms with Crippen molar-refractivity contribution in [3.63, 3.8) is 0 Å². The van der Waals surface area contributed by atoms with E-state index < -0.39 is 5.41 Å². The van der Waals surface area contributed by atoms with Crippen LogP contribution in [0, 0.1) is 0 Å². The average Bonchev–Trinajstić information content (AvgIpc) is 3.43. The number of para-hydroxylation sites is 4. The van der Waals surface area contributed by atoms with Crippen LogP contribution in [0.25, 0.3) is 11.1 Å². The minimum Gasteiger partial charge on any atom is -0.330 e. The molecule has 0 radical (unpaired) electrons. The van der Waals surface area contributed by atoms with Gasteiger partial charge in [-0.15, -0.1) is 0 Å². The fourth-order valence-electron chi connectivity index (χ4n) is 7.53. The van der Waals surface area contributed by atoms with Crippen molar-refractivity contribution in [3.8, 4) is 11.1 Å². The number of nitrogens with zero attached hydrogens (tertiary/aromatic N) is 2. The van der Waals surface area contributed by atoms with Crippen LogP contribution in [0.4, 0.5) is 34.1 Å². The molecule has 1 aliphatic rings. The third-order valence-electron chi connectivity index (χ3n) is 9.58. The number of fused-ring (bicyclic) bond motifs is 3. The molecule has 0 aliphatic heterocycles. The predicted octanol–water partition coefficient (Wildman–Crippen LogP) is 11.3. The summed E-state index contributed by atoms with van der Waals surface area (Å²) in [6.07, 6.45) is 0.775. The maximum atomic E-state index is 6.58. The van der Waals surface area contributed by atoms with Crippen LogP contribution in [-0.4, -0.2) is 6.54 Å². The minimum atomic E-state index is -0.440. The summed E-state index contributed by atoms with van der Waals surface area (Å²) in [6, 6.07) is 67.4. The zero-order chi connectivity index (χ0) is 32.3. The van der Waals surface area contributed by atoms with Crippen LogP contribution in [0.15, 0.2) is 188 Å². The molecule has 232 valence electrons. The molecule has 8 rings (SSSR count). The van der Waals surface area contributed by atoms with Gasteiger partial charge < -0.3 is 15.5 Å². The molecular weight excluding hydrogens is 583 g/mol. The van der Waals surface area contributed by atoms with Gasteiger partial charge in [0.15, 0.2) is 0 Å². The molecule has 0 unspecified atom stereocenters. The van der Waals surface area contributed by atoms with Crippen molar-refractivity contribution in [1.82, 2.24) is 0 Å². The summed E-state index contributed by atoms with van der Waals surface area (Å²) in [4.78, 5) is 4.69. The minimum absolute atomic E-state index is 0.440. The molecule has 0 bridgehead atoms. The van der Waals surface area contributed by atoms with Crippen molar-refractivity contribution in [2.45, 2.75) is 11.8 Å². The van der Waals surface area contributed by atoms with E-state index in [-0.39, 0.29) is 0 Å². The van der Waals surface area contributed by atoms with Crippen molar-refractivity contribution in [1.29, 1.82) is 0 Å². The Morgan fingerprint density at radius 2 is 0.708 bits per heavy atom. The molecule has 0 aromatic heterocycles. The third kappa shape index (κ3) is 5.06. The fourth-order valence-corrected chi connectivity index (χ4v) is 7.53. The third-order valence-corrected chi connectivity index (χ3v) is 9.58. The number of nitrogens with two attached hydrogens (primary N) is 1. The molecule has 0 heterocycles. The number of hydrogen-bond donors (Lipinski definition) is 1. The molecule has 3 heteroatoms. The smallest absolute Gasteiger partial charge is 0.0477 e. The van der Waals surface area contributed by atoms with E-state index in [4.69, 9.17) is 5.73 Å². The Kier molecular flexibility index (Phi) is 7.81.